The van der Waals surface area contributed by atoms with Gasteiger partial charge in [0.2, 0.25) is 0 Å². The highest BCUT2D eigenvalue weighted by molar-refractivity contribution is 5.90. The Morgan fingerprint density at radius 2 is 2.19 bits per heavy atom. The van der Waals surface area contributed by atoms with E-state index in [0.29, 0.717) is 6.04 Å². The number of H-pyrrole nitrogens is 1. The molecule has 31 heavy (non-hydrogen) atoms. The highest BCUT2D eigenvalue weighted by Crippen LogP contribution is 2.36. The van der Waals surface area contributed by atoms with Crippen molar-refractivity contribution in [2.24, 2.45) is 0 Å². The Morgan fingerprint density at radius 1 is 1.32 bits per heavy atom. The Labute approximate surface area is 182 Å². The number of nitrogens with one attached hydrogen (secondary N) is 2. The lowest BCUT2D eigenvalue weighted by atomic mass is 10.0. The summed E-state index contributed by atoms with van der Waals surface area (Å²) in [6, 6.07) is 13.0. The Hall–Kier alpha value is -3.09. The molecule has 0 saturated carbocycles. The van der Waals surface area contributed by atoms with Gasteiger partial charge in [0.25, 0.3) is 5.91 Å². The molecule has 1 amide bonds. The number of likely N-dealkylation sites (N-methyl/N-ethyl adjacent to an activating group) is 1. The van der Waals surface area contributed by atoms with E-state index in [0.717, 1.165) is 49.2 Å². The van der Waals surface area contributed by atoms with Crippen molar-refractivity contribution in [3.63, 3.8) is 0 Å². The number of carbonyl (C=O) groups is 1. The molecule has 1 atom stereocenters. The lowest BCUT2D eigenvalue weighted by Gasteiger charge is -2.28. The quantitative estimate of drug-likeness (QED) is 0.290. The third-order valence-electron chi connectivity index (χ3n) is 6.24. The molecule has 3 aromatic rings. The average Bonchev–Trinajstić information content (AvgIpc) is 3.41. The number of aromatic amines is 1. The second-order valence-corrected chi connectivity index (χ2v) is 7.93. The molecule has 6 heteroatoms. The molecule has 0 fully saturated rings. The van der Waals surface area contributed by atoms with Crippen molar-refractivity contribution < 1.29 is 14.7 Å². The van der Waals surface area contributed by atoms with Crippen LogP contribution in [0.25, 0.3) is 17.0 Å². The number of amides is 1. The summed E-state index contributed by atoms with van der Waals surface area (Å²) in [4.78, 5) is 17.1. The number of hydroxylamine groups is 1. The zero-order chi connectivity index (χ0) is 21.8. The zero-order valence-corrected chi connectivity index (χ0v) is 18.0. The van der Waals surface area contributed by atoms with E-state index in [9.17, 15) is 4.79 Å². The van der Waals surface area contributed by atoms with Crippen LogP contribution in [-0.2, 0) is 17.6 Å². The maximum atomic E-state index is 11.2. The van der Waals surface area contributed by atoms with Crippen molar-refractivity contribution in [3.05, 3.63) is 70.9 Å². The molecule has 1 aliphatic rings. The molecule has 0 radical (unpaired) electrons. The molecule has 1 aliphatic carbocycles. The van der Waals surface area contributed by atoms with Crippen molar-refractivity contribution in [2.75, 3.05) is 20.2 Å². The topological polar surface area (TPSA) is 77.6 Å². The van der Waals surface area contributed by atoms with Crippen molar-refractivity contribution in [2.45, 2.75) is 32.2 Å². The predicted octanol–water partition coefficient (Wildman–Crippen LogP) is 4.25. The SMILES string of the molecule is CCN(CCc1c[nH]c2cc(OC)ccc12)C1CCc2cc(C=CC(=O)NO)ccc21. The first kappa shape index (κ1) is 21.2. The first-order chi connectivity index (χ1) is 15.1. The van der Waals surface area contributed by atoms with Gasteiger partial charge in [0.05, 0.1) is 7.11 Å². The van der Waals surface area contributed by atoms with Gasteiger partial charge in [0.1, 0.15) is 5.75 Å². The van der Waals surface area contributed by atoms with E-state index >= 15 is 0 Å². The molecular weight excluding hydrogens is 390 g/mol. The van der Waals surface area contributed by atoms with Crippen molar-refractivity contribution in [1.29, 1.82) is 0 Å². The fraction of sp³-hybridized carbons (Fsp3) is 0.320. The first-order valence-electron chi connectivity index (χ1n) is 10.8. The second kappa shape index (κ2) is 9.37. The number of benzene rings is 2. The molecule has 1 aromatic heterocycles. The summed E-state index contributed by atoms with van der Waals surface area (Å²) in [5, 5.41) is 9.88. The van der Waals surface area contributed by atoms with Gasteiger partial charge in [0, 0.05) is 41.8 Å². The van der Waals surface area contributed by atoms with Gasteiger partial charge >= 0.3 is 0 Å². The molecule has 6 nitrogen and oxygen atoms in total. The van der Waals surface area contributed by atoms with Gasteiger partial charge in [-0.05, 0) is 66.3 Å². The number of rotatable bonds is 8. The van der Waals surface area contributed by atoms with Crippen molar-refractivity contribution in [3.8, 4) is 5.75 Å². The van der Waals surface area contributed by atoms with E-state index in [2.05, 4.69) is 41.2 Å². The summed E-state index contributed by atoms with van der Waals surface area (Å²) in [5.74, 6) is 0.344. The molecular formula is C25H29N3O3. The fourth-order valence-corrected chi connectivity index (χ4v) is 4.60. The molecule has 0 spiro atoms. The van der Waals surface area contributed by atoms with Gasteiger partial charge < -0.3 is 9.72 Å². The minimum absolute atomic E-state index is 0.420. The summed E-state index contributed by atoms with van der Waals surface area (Å²) in [7, 11) is 1.69. The zero-order valence-electron chi connectivity index (χ0n) is 18.0. The Balaban J connectivity index is 1.46. The Bertz CT molecular complexity index is 1100. The maximum Gasteiger partial charge on any atom is 0.267 e. The van der Waals surface area contributed by atoms with Crippen LogP contribution in [0.5, 0.6) is 5.75 Å². The van der Waals surface area contributed by atoms with Crippen LogP contribution >= 0.6 is 0 Å². The van der Waals surface area contributed by atoms with E-state index in [-0.39, 0.29) is 0 Å². The number of aryl methyl sites for hydroxylation is 1. The number of fused-ring (bicyclic) bond motifs is 2. The van der Waals surface area contributed by atoms with Gasteiger partial charge in [-0.2, -0.15) is 0 Å². The fourth-order valence-electron chi connectivity index (χ4n) is 4.60. The number of hydrogen-bond donors (Lipinski definition) is 3. The minimum Gasteiger partial charge on any atom is -0.497 e. The van der Waals surface area contributed by atoms with Gasteiger partial charge in [0.15, 0.2) is 0 Å². The van der Waals surface area contributed by atoms with Crippen LogP contribution < -0.4 is 10.2 Å². The predicted molar refractivity (Wildman–Crippen MR) is 122 cm³/mol. The third kappa shape index (κ3) is 4.50. The lowest BCUT2D eigenvalue weighted by molar-refractivity contribution is -0.124. The summed E-state index contributed by atoms with van der Waals surface area (Å²) < 4.78 is 5.33. The molecule has 0 saturated heterocycles. The van der Waals surface area contributed by atoms with Crippen LogP contribution in [0.15, 0.2) is 48.7 Å². The first-order valence-corrected chi connectivity index (χ1v) is 10.8. The third-order valence-corrected chi connectivity index (χ3v) is 6.24. The van der Waals surface area contributed by atoms with E-state index in [4.69, 9.17) is 9.94 Å². The smallest absolute Gasteiger partial charge is 0.267 e. The average molecular weight is 420 g/mol. The van der Waals surface area contributed by atoms with E-state index < -0.39 is 5.91 Å². The largest absolute Gasteiger partial charge is 0.497 e. The number of methoxy groups -OCH3 is 1. The van der Waals surface area contributed by atoms with Crippen molar-refractivity contribution >= 4 is 22.9 Å². The normalized spacial score (nSPS) is 15.7. The number of nitrogens with zero attached hydrogens (tertiary/aromatic N) is 1. The highest BCUT2D eigenvalue weighted by atomic mass is 16.5. The molecule has 2 aromatic carbocycles. The summed E-state index contributed by atoms with van der Waals surface area (Å²) in [5.41, 5.74) is 7.76. The molecule has 4 rings (SSSR count). The van der Waals surface area contributed by atoms with Crippen LogP contribution in [0.4, 0.5) is 0 Å². The molecule has 1 heterocycles. The van der Waals surface area contributed by atoms with Crippen LogP contribution in [0.3, 0.4) is 0 Å². The summed E-state index contributed by atoms with van der Waals surface area (Å²) >= 11 is 0. The van der Waals surface area contributed by atoms with E-state index in [1.165, 1.54) is 28.2 Å². The van der Waals surface area contributed by atoms with Crippen LogP contribution in [0, 0.1) is 0 Å². The lowest BCUT2D eigenvalue weighted by Crippen LogP contribution is -2.29. The van der Waals surface area contributed by atoms with Gasteiger partial charge in [-0.15, -0.1) is 0 Å². The van der Waals surface area contributed by atoms with E-state index in [1.54, 1.807) is 18.7 Å². The Kier molecular flexibility index (Phi) is 6.39. The maximum absolute atomic E-state index is 11.2. The molecule has 3 N–H and O–H groups in total. The molecule has 162 valence electrons. The van der Waals surface area contributed by atoms with Crippen LogP contribution in [0.1, 0.15) is 41.6 Å². The Morgan fingerprint density at radius 3 is 2.97 bits per heavy atom. The van der Waals surface area contributed by atoms with Crippen LogP contribution in [-0.4, -0.2) is 41.2 Å². The summed E-state index contributed by atoms with van der Waals surface area (Å²) in [6.07, 6.45) is 8.31. The van der Waals surface area contributed by atoms with Gasteiger partial charge in [-0.1, -0.05) is 25.1 Å². The standard InChI is InChI=1S/C25H29N3O3/c1-3-28(13-12-19-16-26-23-15-20(31-2)7-9-21(19)23)24-10-6-18-14-17(4-8-22(18)24)5-11-25(29)27-30/h4-5,7-9,11,14-16,24,26,30H,3,6,10,12-13H2,1-2H3,(H,27,29). The van der Waals surface area contributed by atoms with Gasteiger partial charge in [-0.25, -0.2) is 5.48 Å². The molecule has 0 aliphatic heterocycles. The van der Waals surface area contributed by atoms with E-state index in [1.807, 2.05) is 18.2 Å². The number of aromatic nitrogens is 1. The van der Waals surface area contributed by atoms with Crippen molar-refractivity contribution in [1.82, 2.24) is 15.4 Å². The second-order valence-electron chi connectivity index (χ2n) is 7.93. The number of hydrogen-bond acceptors (Lipinski definition) is 4. The van der Waals surface area contributed by atoms with Gasteiger partial charge in [-0.3, -0.25) is 14.9 Å². The molecule has 0 bridgehead atoms. The monoisotopic (exact) mass is 419 g/mol. The number of ether oxygens (including phenoxy) is 1. The highest BCUT2D eigenvalue weighted by Gasteiger charge is 2.27. The number of carbonyl (C=O) groups excluding carboxylic acids is 1. The minimum atomic E-state index is -0.522. The molecule has 1 unspecified atom stereocenters. The summed E-state index contributed by atoms with van der Waals surface area (Å²) in [6.45, 7) is 4.22. The van der Waals surface area contributed by atoms with Crippen LogP contribution in [0.2, 0.25) is 0 Å².